The largest absolute Gasteiger partial charge is 0.380 e. The maximum absolute atomic E-state index is 13.5. The quantitative estimate of drug-likeness (QED) is 0.813. The van der Waals surface area contributed by atoms with Crippen LogP contribution >= 0.6 is 0 Å². The number of ether oxygens (including phenoxy) is 1. The van der Waals surface area contributed by atoms with E-state index in [0.29, 0.717) is 6.61 Å². The van der Waals surface area contributed by atoms with E-state index >= 15 is 0 Å². The summed E-state index contributed by atoms with van der Waals surface area (Å²) in [5, 5.41) is 3.57. The van der Waals surface area contributed by atoms with Crippen molar-refractivity contribution in [2.75, 3.05) is 45.9 Å². The number of nitrogens with zero attached hydrogens (tertiary/aromatic N) is 1. The first kappa shape index (κ1) is 14.9. The molecule has 1 N–H and O–H groups in total. The van der Waals surface area contributed by atoms with Gasteiger partial charge in [0.15, 0.2) is 0 Å². The number of benzene rings is 1. The smallest absolute Gasteiger partial charge is 0.123 e. The van der Waals surface area contributed by atoms with Crippen LogP contribution in [0.4, 0.5) is 4.39 Å². The first-order valence-corrected chi connectivity index (χ1v) is 8.05. The van der Waals surface area contributed by atoms with Crippen molar-refractivity contribution in [3.63, 3.8) is 0 Å². The summed E-state index contributed by atoms with van der Waals surface area (Å²) < 4.78 is 19.1. The standard InChI is InChI=1S/C17H25FN2O/c18-16-5-3-4-15(12-16)17(6-11-21-14-17)13-19-7-10-20-8-1-2-9-20/h3-5,12,19H,1-2,6-11,13-14H2. The Morgan fingerprint density at radius 3 is 2.86 bits per heavy atom. The fraction of sp³-hybridized carbons (Fsp3) is 0.647. The Hall–Kier alpha value is -0.970. The molecule has 2 aliphatic rings. The van der Waals surface area contributed by atoms with Crippen LogP contribution < -0.4 is 5.32 Å². The van der Waals surface area contributed by atoms with E-state index in [1.54, 1.807) is 12.1 Å². The van der Waals surface area contributed by atoms with Crippen LogP contribution in [0.3, 0.4) is 0 Å². The van der Waals surface area contributed by atoms with Crippen molar-refractivity contribution < 1.29 is 9.13 Å². The molecule has 2 heterocycles. The van der Waals surface area contributed by atoms with Crippen molar-refractivity contribution in [2.45, 2.75) is 24.7 Å². The van der Waals surface area contributed by atoms with Gasteiger partial charge in [-0.25, -0.2) is 4.39 Å². The van der Waals surface area contributed by atoms with Crippen molar-refractivity contribution in [2.24, 2.45) is 0 Å². The van der Waals surface area contributed by atoms with E-state index in [-0.39, 0.29) is 11.2 Å². The van der Waals surface area contributed by atoms with E-state index in [1.807, 2.05) is 6.07 Å². The molecule has 0 radical (unpaired) electrons. The van der Waals surface area contributed by atoms with Crippen LogP contribution in [-0.2, 0) is 10.2 Å². The zero-order valence-corrected chi connectivity index (χ0v) is 12.6. The van der Waals surface area contributed by atoms with Crippen molar-refractivity contribution in [1.29, 1.82) is 0 Å². The van der Waals surface area contributed by atoms with Gasteiger partial charge in [-0.1, -0.05) is 12.1 Å². The highest BCUT2D eigenvalue weighted by atomic mass is 19.1. The second-order valence-corrected chi connectivity index (χ2v) is 6.32. The van der Waals surface area contributed by atoms with E-state index in [1.165, 1.54) is 32.0 Å². The lowest BCUT2D eigenvalue weighted by Crippen LogP contribution is -2.41. The topological polar surface area (TPSA) is 24.5 Å². The summed E-state index contributed by atoms with van der Waals surface area (Å²) in [6.07, 6.45) is 3.63. The lowest BCUT2D eigenvalue weighted by molar-refractivity contribution is 0.175. The zero-order valence-electron chi connectivity index (χ0n) is 12.6. The molecule has 1 aromatic carbocycles. The summed E-state index contributed by atoms with van der Waals surface area (Å²) in [5.74, 6) is -0.157. The van der Waals surface area contributed by atoms with Crippen LogP contribution in [0, 0.1) is 5.82 Å². The van der Waals surface area contributed by atoms with E-state index in [0.717, 1.165) is 38.2 Å². The normalized spacial score (nSPS) is 26.5. The van der Waals surface area contributed by atoms with Gasteiger partial charge in [0.25, 0.3) is 0 Å². The highest BCUT2D eigenvalue weighted by Gasteiger charge is 2.36. The minimum absolute atomic E-state index is 0.0624. The number of halogens is 1. The lowest BCUT2D eigenvalue weighted by atomic mass is 9.79. The van der Waals surface area contributed by atoms with Gasteiger partial charge >= 0.3 is 0 Å². The van der Waals surface area contributed by atoms with Gasteiger partial charge in [0, 0.05) is 31.7 Å². The minimum Gasteiger partial charge on any atom is -0.380 e. The Morgan fingerprint density at radius 2 is 2.14 bits per heavy atom. The Bertz CT molecular complexity index is 454. The van der Waals surface area contributed by atoms with Gasteiger partial charge in [-0.15, -0.1) is 0 Å². The summed E-state index contributed by atoms with van der Waals surface area (Å²) >= 11 is 0. The fourth-order valence-corrected chi connectivity index (χ4v) is 3.47. The molecule has 0 bridgehead atoms. The predicted molar refractivity (Wildman–Crippen MR) is 82.1 cm³/mol. The summed E-state index contributed by atoms with van der Waals surface area (Å²) in [6, 6.07) is 7.00. The van der Waals surface area contributed by atoms with Crippen LogP contribution in [0.25, 0.3) is 0 Å². The second kappa shape index (κ2) is 6.86. The van der Waals surface area contributed by atoms with Crippen molar-refractivity contribution in [3.8, 4) is 0 Å². The van der Waals surface area contributed by atoms with Crippen LogP contribution in [0.2, 0.25) is 0 Å². The molecule has 4 heteroatoms. The number of hydrogen-bond acceptors (Lipinski definition) is 3. The molecule has 1 unspecified atom stereocenters. The third-order valence-corrected chi connectivity index (χ3v) is 4.81. The molecule has 0 amide bonds. The van der Waals surface area contributed by atoms with Gasteiger partial charge in [-0.2, -0.15) is 0 Å². The third kappa shape index (κ3) is 3.62. The summed E-state index contributed by atoms with van der Waals surface area (Å²) in [6.45, 7) is 6.90. The Labute approximate surface area is 126 Å². The number of rotatable bonds is 6. The van der Waals surface area contributed by atoms with E-state index in [2.05, 4.69) is 10.2 Å². The first-order chi connectivity index (χ1) is 10.3. The monoisotopic (exact) mass is 292 g/mol. The second-order valence-electron chi connectivity index (χ2n) is 6.32. The number of hydrogen-bond donors (Lipinski definition) is 1. The zero-order chi connectivity index (χ0) is 14.5. The fourth-order valence-electron chi connectivity index (χ4n) is 3.47. The Kier molecular flexibility index (Phi) is 4.88. The maximum Gasteiger partial charge on any atom is 0.123 e. The van der Waals surface area contributed by atoms with Gasteiger partial charge in [0.05, 0.1) is 6.61 Å². The molecule has 116 valence electrons. The van der Waals surface area contributed by atoms with E-state index < -0.39 is 0 Å². The van der Waals surface area contributed by atoms with Crippen molar-refractivity contribution >= 4 is 0 Å². The molecule has 2 saturated heterocycles. The van der Waals surface area contributed by atoms with E-state index in [4.69, 9.17) is 4.74 Å². The molecule has 3 rings (SSSR count). The molecule has 1 aromatic rings. The summed E-state index contributed by atoms with van der Waals surface area (Å²) in [7, 11) is 0. The van der Waals surface area contributed by atoms with Crippen LogP contribution in [-0.4, -0.2) is 50.8 Å². The third-order valence-electron chi connectivity index (χ3n) is 4.81. The Morgan fingerprint density at radius 1 is 1.29 bits per heavy atom. The highest BCUT2D eigenvalue weighted by Crippen LogP contribution is 2.32. The lowest BCUT2D eigenvalue weighted by Gasteiger charge is -2.29. The summed E-state index contributed by atoms with van der Waals surface area (Å²) in [4.78, 5) is 2.51. The van der Waals surface area contributed by atoms with Gasteiger partial charge in [-0.05, 0) is 50.0 Å². The van der Waals surface area contributed by atoms with Gasteiger partial charge in [0.2, 0.25) is 0 Å². The molecule has 21 heavy (non-hydrogen) atoms. The molecule has 2 fully saturated rings. The van der Waals surface area contributed by atoms with Crippen LogP contribution in [0.5, 0.6) is 0 Å². The molecule has 0 spiro atoms. The maximum atomic E-state index is 13.5. The van der Waals surface area contributed by atoms with Gasteiger partial charge in [-0.3, -0.25) is 0 Å². The molecule has 3 nitrogen and oxygen atoms in total. The molecular formula is C17H25FN2O. The molecule has 0 aliphatic carbocycles. The van der Waals surface area contributed by atoms with Gasteiger partial charge < -0.3 is 15.0 Å². The SMILES string of the molecule is Fc1cccc(C2(CNCCN3CCCC3)CCOC2)c1. The Balaban J connectivity index is 1.56. The van der Waals surface area contributed by atoms with Crippen molar-refractivity contribution in [1.82, 2.24) is 10.2 Å². The van der Waals surface area contributed by atoms with Crippen molar-refractivity contribution in [3.05, 3.63) is 35.6 Å². The average molecular weight is 292 g/mol. The summed E-state index contributed by atoms with van der Waals surface area (Å²) in [5.41, 5.74) is 1.00. The minimum atomic E-state index is -0.157. The predicted octanol–water partition coefficient (Wildman–Crippen LogP) is 2.17. The van der Waals surface area contributed by atoms with Crippen LogP contribution in [0.15, 0.2) is 24.3 Å². The average Bonchev–Trinajstić information content (AvgIpc) is 3.16. The first-order valence-electron chi connectivity index (χ1n) is 8.05. The molecule has 1 atom stereocenters. The van der Waals surface area contributed by atoms with Crippen LogP contribution in [0.1, 0.15) is 24.8 Å². The highest BCUT2D eigenvalue weighted by molar-refractivity contribution is 5.28. The number of likely N-dealkylation sites (tertiary alicyclic amines) is 1. The molecule has 2 aliphatic heterocycles. The molecule has 0 saturated carbocycles. The van der Waals surface area contributed by atoms with E-state index in [9.17, 15) is 4.39 Å². The molecule has 0 aromatic heterocycles. The molecular weight excluding hydrogens is 267 g/mol. The number of nitrogens with one attached hydrogen (secondary N) is 1. The van der Waals surface area contributed by atoms with Gasteiger partial charge in [0.1, 0.15) is 5.82 Å².